The van der Waals surface area contributed by atoms with Crippen LogP contribution in [0.5, 0.6) is 5.75 Å². The second-order valence-corrected chi connectivity index (χ2v) is 8.41. The van der Waals surface area contributed by atoms with Gasteiger partial charge in [0.15, 0.2) is 5.82 Å². The van der Waals surface area contributed by atoms with E-state index in [9.17, 15) is 36.2 Å². The van der Waals surface area contributed by atoms with Gasteiger partial charge in [0.2, 0.25) is 5.82 Å². The van der Waals surface area contributed by atoms with Gasteiger partial charge in [0, 0.05) is 25.2 Å². The summed E-state index contributed by atoms with van der Waals surface area (Å²) in [6.45, 7) is 4.88. The molecule has 1 aromatic carbocycles. The number of piperidine rings is 1. The number of aromatic nitrogens is 3. The fourth-order valence-corrected chi connectivity index (χ4v) is 3.13. The molecule has 1 saturated heterocycles. The predicted molar refractivity (Wildman–Crippen MR) is 112 cm³/mol. The maximum atomic E-state index is 12.8. The number of alkyl halides is 6. The third-order valence-corrected chi connectivity index (χ3v) is 5.16. The lowest BCUT2D eigenvalue weighted by Gasteiger charge is -2.36. The normalized spacial score (nSPS) is 17.8. The third-order valence-electron chi connectivity index (χ3n) is 5.16. The molecule has 1 atom stereocenters. The molecular weight excluding hydrogens is 488 g/mol. The van der Waals surface area contributed by atoms with Gasteiger partial charge in [0.25, 0.3) is 5.56 Å². The molecule has 35 heavy (non-hydrogen) atoms. The smallest absolute Gasteiger partial charge is 0.490 e. The summed E-state index contributed by atoms with van der Waals surface area (Å²) in [6.07, 6.45) is -7.88. The zero-order valence-electron chi connectivity index (χ0n) is 18.8. The Bertz CT molecular complexity index is 1120. The highest BCUT2D eigenvalue weighted by Gasteiger charge is 2.38. The van der Waals surface area contributed by atoms with Crippen molar-refractivity contribution < 1.29 is 41.4 Å². The number of nitrogens with zero attached hydrogens (tertiary/aromatic N) is 3. The van der Waals surface area contributed by atoms with Crippen LogP contribution in [-0.4, -0.2) is 55.2 Å². The average Bonchev–Trinajstić information content (AvgIpc) is 2.72. The van der Waals surface area contributed by atoms with E-state index < -0.39 is 35.2 Å². The minimum Gasteiger partial charge on any atom is -0.507 e. The Labute approximate surface area is 194 Å². The van der Waals surface area contributed by atoms with Crippen LogP contribution in [0, 0.1) is 0 Å². The minimum atomic E-state index is -5.08. The van der Waals surface area contributed by atoms with Crippen molar-refractivity contribution in [3.05, 3.63) is 34.1 Å². The third kappa shape index (κ3) is 7.31. The topological polar surface area (TPSA) is 129 Å². The van der Waals surface area contributed by atoms with Crippen molar-refractivity contribution in [1.29, 1.82) is 0 Å². The van der Waals surface area contributed by atoms with E-state index in [4.69, 9.17) is 9.90 Å². The van der Waals surface area contributed by atoms with E-state index in [1.165, 1.54) is 7.05 Å². The maximum absolute atomic E-state index is 12.8. The molecule has 1 aliphatic heterocycles. The molecule has 0 spiro atoms. The van der Waals surface area contributed by atoms with E-state index in [2.05, 4.69) is 34.7 Å². The lowest BCUT2D eigenvalue weighted by molar-refractivity contribution is -0.192. The molecule has 4 N–H and O–H groups in total. The number of phenolic OH excluding ortho intramolecular Hbond substituents is 1. The number of aliphatic carboxylic acids is 1. The monoisotopic (exact) mass is 511 g/mol. The molecule has 2 heterocycles. The standard InChI is InChI=1S/C18H22F3N5O2.C2HF3O2/c1-17(2)7-6-11(9-22-17)23-14-16(28)26(3)15(25-24-14)12-5-4-10(8-13(12)27)18(19,20)21;3-2(4,5)1(6)7/h4-5,8,11,22,27H,6-7,9H2,1-3H3,(H,23,24);(H,6,7)/t11-;/m1./s1. The molecule has 0 unspecified atom stereocenters. The first kappa shape index (κ1) is 27.9. The summed E-state index contributed by atoms with van der Waals surface area (Å²) in [7, 11) is 1.43. The van der Waals surface area contributed by atoms with Crippen molar-refractivity contribution in [2.45, 2.75) is 50.6 Å². The van der Waals surface area contributed by atoms with Crippen LogP contribution in [0.15, 0.2) is 23.0 Å². The van der Waals surface area contributed by atoms with Crippen LogP contribution >= 0.6 is 0 Å². The highest BCUT2D eigenvalue weighted by Crippen LogP contribution is 2.35. The number of anilines is 1. The van der Waals surface area contributed by atoms with E-state index in [0.29, 0.717) is 12.6 Å². The molecule has 9 nitrogen and oxygen atoms in total. The van der Waals surface area contributed by atoms with E-state index in [0.717, 1.165) is 29.5 Å². The van der Waals surface area contributed by atoms with Gasteiger partial charge in [0.05, 0.1) is 11.1 Å². The summed E-state index contributed by atoms with van der Waals surface area (Å²) in [4.78, 5) is 21.5. The van der Waals surface area contributed by atoms with Crippen LogP contribution in [0.25, 0.3) is 11.4 Å². The van der Waals surface area contributed by atoms with Gasteiger partial charge < -0.3 is 20.8 Å². The zero-order valence-corrected chi connectivity index (χ0v) is 18.8. The first-order valence-corrected chi connectivity index (χ1v) is 10.1. The molecule has 1 aliphatic rings. The predicted octanol–water partition coefficient (Wildman–Crippen LogP) is 3.14. The molecule has 0 aliphatic carbocycles. The van der Waals surface area contributed by atoms with Crippen molar-refractivity contribution in [2.75, 3.05) is 11.9 Å². The van der Waals surface area contributed by atoms with Gasteiger partial charge in [-0.05, 0) is 44.9 Å². The first-order valence-electron chi connectivity index (χ1n) is 10.1. The van der Waals surface area contributed by atoms with Crippen molar-refractivity contribution >= 4 is 11.8 Å². The molecule has 2 aromatic rings. The van der Waals surface area contributed by atoms with Gasteiger partial charge in [-0.2, -0.15) is 26.3 Å². The second kappa shape index (κ2) is 10.1. The average molecular weight is 511 g/mol. The van der Waals surface area contributed by atoms with Gasteiger partial charge in [-0.15, -0.1) is 10.2 Å². The van der Waals surface area contributed by atoms with Crippen LogP contribution in [0.1, 0.15) is 32.3 Å². The van der Waals surface area contributed by atoms with Crippen molar-refractivity contribution in [1.82, 2.24) is 20.1 Å². The first-order chi connectivity index (χ1) is 15.9. The summed E-state index contributed by atoms with van der Waals surface area (Å²) in [5.41, 5.74) is -1.43. The number of nitrogens with one attached hydrogen (secondary N) is 2. The SMILES string of the molecule is Cn1c(-c2ccc(C(F)(F)F)cc2O)nnc(N[C@@H]2CCC(C)(C)NC2)c1=O.O=C(O)C(F)(F)F. The van der Waals surface area contributed by atoms with Gasteiger partial charge in [-0.25, -0.2) is 4.79 Å². The number of hydrogen-bond donors (Lipinski definition) is 4. The van der Waals surface area contributed by atoms with Gasteiger partial charge in [0.1, 0.15) is 5.75 Å². The minimum absolute atomic E-state index is 0.00673. The zero-order chi connectivity index (χ0) is 26.8. The summed E-state index contributed by atoms with van der Waals surface area (Å²) in [6, 6.07) is 2.51. The number of halogens is 6. The number of carboxylic acid groups (broad SMARTS) is 1. The van der Waals surface area contributed by atoms with Crippen molar-refractivity contribution in [2.24, 2.45) is 7.05 Å². The Morgan fingerprint density at radius 1 is 1.20 bits per heavy atom. The highest BCUT2D eigenvalue weighted by molar-refractivity contribution is 5.73. The Morgan fingerprint density at radius 2 is 1.80 bits per heavy atom. The molecule has 0 bridgehead atoms. The van der Waals surface area contributed by atoms with Crippen LogP contribution in [0.4, 0.5) is 32.2 Å². The van der Waals surface area contributed by atoms with Crippen LogP contribution in [0.2, 0.25) is 0 Å². The fourth-order valence-electron chi connectivity index (χ4n) is 3.13. The lowest BCUT2D eigenvalue weighted by Crippen LogP contribution is -2.51. The van der Waals surface area contributed by atoms with Gasteiger partial charge >= 0.3 is 18.3 Å². The van der Waals surface area contributed by atoms with Crippen molar-refractivity contribution in [3.63, 3.8) is 0 Å². The van der Waals surface area contributed by atoms with Crippen molar-refractivity contribution in [3.8, 4) is 17.1 Å². The highest BCUT2D eigenvalue weighted by atomic mass is 19.4. The Kier molecular flexibility index (Phi) is 8.04. The fraction of sp³-hybridized carbons (Fsp3) is 0.500. The number of phenols is 1. The van der Waals surface area contributed by atoms with E-state index in [1.54, 1.807) is 0 Å². The number of benzene rings is 1. The summed E-state index contributed by atoms with van der Waals surface area (Å²) in [5.74, 6) is -3.35. The molecule has 1 fully saturated rings. The van der Waals surface area contributed by atoms with E-state index >= 15 is 0 Å². The summed E-state index contributed by atoms with van der Waals surface area (Å²) in [5, 5.41) is 31.4. The number of carbonyl (C=O) groups is 1. The summed E-state index contributed by atoms with van der Waals surface area (Å²) >= 11 is 0. The van der Waals surface area contributed by atoms with E-state index in [-0.39, 0.29) is 28.8 Å². The van der Waals surface area contributed by atoms with Gasteiger partial charge in [-0.3, -0.25) is 9.36 Å². The second-order valence-electron chi connectivity index (χ2n) is 8.41. The van der Waals surface area contributed by atoms with Crippen LogP contribution < -0.4 is 16.2 Å². The maximum Gasteiger partial charge on any atom is 0.490 e. The number of hydrogen-bond acceptors (Lipinski definition) is 7. The molecule has 1 aromatic heterocycles. The quantitative estimate of drug-likeness (QED) is 0.463. The van der Waals surface area contributed by atoms with E-state index in [1.807, 2.05) is 0 Å². The number of rotatable bonds is 3. The summed E-state index contributed by atoms with van der Waals surface area (Å²) < 4.78 is 71.2. The van der Waals surface area contributed by atoms with Crippen LogP contribution in [0.3, 0.4) is 0 Å². The Hall–Kier alpha value is -3.36. The van der Waals surface area contributed by atoms with Gasteiger partial charge in [-0.1, -0.05) is 0 Å². The molecule has 0 saturated carbocycles. The van der Waals surface area contributed by atoms with Crippen LogP contribution in [-0.2, 0) is 18.0 Å². The number of carboxylic acids is 1. The molecule has 0 amide bonds. The number of aromatic hydroxyl groups is 1. The Balaban J connectivity index is 0.000000540. The Morgan fingerprint density at radius 3 is 2.26 bits per heavy atom. The largest absolute Gasteiger partial charge is 0.507 e. The molecule has 0 radical (unpaired) electrons. The molecule has 3 rings (SSSR count). The molecule has 194 valence electrons. The molecular formula is C20H23F6N5O4. The molecule has 15 heteroatoms. The lowest BCUT2D eigenvalue weighted by atomic mass is 9.91.